The molecule has 0 aliphatic carbocycles. The zero-order valence-electron chi connectivity index (χ0n) is 24.2. The lowest BCUT2D eigenvalue weighted by atomic mass is 10.1. The zero-order valence-corrected chi connectivity index (χ0v) is 24.2. The normalized spacial score (nSPS) is 24.8. The number of carbonyl (C=O) groups excluding carboxylic acids is 3. The van der Waals surface area contributed by atoms with E-state index in [0.717, 1.165) is 37.0 Å². The van der Waals surface area contributed by atoms with Crippen LogP contribution in [0.15, 0.2) is 36.4 Å². The van der Waals surface area contributed by atoms with Gasteiger partial charge in [0.05, 0.1) is 20.3 Å². The second kappa shape index (κ2) is 17.0. The largest absolute Gasteiger partial charge is 0.497 e. The van der Waals surface area contributed by atoms with Gasteiger partial charge in [0, 0.05) is 19.6 Å². The minimum Gasteiger partial charge on any atom is -0.497 e. The quantitative estimate of drug-likeness (QED) is 0.207. The number of fused-ring (bicyclic) bond motifs is 1. The Kier molecular flexibility index (Phi) is 13.4. The van der Waals surface area contributed by atoms with E-state index in [4.69, 9.17) is 18.9 Å². The number of quaternary nitrogens is 1. The van der Waals surface area contributed by atoms with Crippen LogP contribution in [0.2, 0.25) is 0 Å². The predicted octanol–water partition coefficient (Wildman–Crippen LogP) is 2.61. The number of ether oxygens (including phenoxy) is 4. The number of rotatable bonds is 9. The van der Waals surface area contributed by atoms with Crippen molar-refractivity contribution in [1.29, 1.82) is 0 Å². The molecule has 2 heterocycles. The Morgan fingerprint density at radius 3 is 2.55 bits per heavy atom. The molecule has 0 aromatic heterocycles. The molecule has 3 rings (SSSR count). The number of hydrogen-bond acceptors (Lipinski definition) is 7. The molecule has 10 heteroatoms. The second-order valence-electron chi connectivity index (χ2n) is 10.2. The first-order valence-electron chi connectivity index (χ1n) is 14.6. The fourth-order valence-electron chi connectivity index (χ4n) is 5.14. The highest BCUT2D eigenvalue weighted by Crippen LogP contribution is 2.16. The lowest BCUT2D eigenvalue weighted by Gasteiger charge is -2.28. The molecule has 10 nitrogen and oxygen atoms in total. The van der Waals surface area contributed by atoms with E-state index < -0.39 is 18.1 Å². The van der Waals surface area contributed by atoms with E-state index in [9.17, 15) is 14.4 Å². The summed E-state index contributed by atoms with van der Waals surface area (Å²) in [5.41, 5.74) is 0.984. The number of nitrogens with zero attached hydrogens (tertiary/aromatic N) is 1. The third-order valence-corrected chi connectivity index (χ3v) is 7.34. The standard InChI is InChI=1S/C30H45N3O7/c1-4-38-22-40-25-19-27-28(34)31-26(29(35)39-5-2)13-11-9-7-6-8-10-12-18-32(30(36)33(27)21-25)20-23-14-16-24(37-3)17-15-23/h7,9,14-17,25-27H,4-6,8,10-13,18-22H2,1-3H3,(H,31,34)/p+1. The van der Waals surface area contributed by atoms with Gasteiger partial charge in [-0.05, 0) is 63.6 Å². The Morgan fingerprint density at radius 2 is 1.82 bits per heavy atom. The van der Waals surface area contributed by atoms with Crippen LogP contribution in [0.3, 0.4) is 0 Å². The maximum atomic E-state index is 14.1. The van der Waals surface area contributed by atoms with Crippen LogP contribution in [0, 0.1) is 0 Å². The highest BCUT2D eigenvalue weighted by molar-refractivity contribution is 5.87. The highest BCUT2D eigenvalue weighted by Gasteiger charge is 2.47. The zero-order chi connectivity index (χ0) is 28.7. The number of esters is 1. The third-order valence-electron chi connectivity index (χ3n) is 7.34. The second-order valence-corrected chi connectivity index (χ2v) is 10.2. The molecular formula is C30H46N3O7+. The molecule has 0 spiro atoms. The van der Waals surface area contributed by atoms with Crippen LogP contribution >= 0.6 is 0 Å². The molecule has 0 bridgehead atoms. The molecule has 0 saturated carbocycles. The molecule has 2 aliphatic heterocycles. The summed E-state index contributed by atoms with van der Waals surface area (Å²) in [7, 11) is 1.62. The van der Waals surface area contributed by atoms with E-state index in [1.165, 1.54) is 0 Å². The molecule has 4 unspecified atom stereocenters. The molecule has 1 aromatic rings. The number of nitrogens with one attached hydrogen (secondary N) is 2. The molecule has 4 atom stereocenters. The van der Waals surface area contributed by atoms with E-state index in [2.05, 4.69) is 17.5 Å². The topological polar surface area (TPSA) is 108 Å². The van der Waals surface area contributed by atoms with Gasteiger partial charge in [0.25, 0.3) is 5.91 Å². The van der Waals surface area contributed by atoms with Gasteiger partial charge in [-0.2, -0.15) is 0 Å². The lowest BCUT2D eigenvalue weighted by Crippen LogP contribution is -3.19. The van der Waals surface area contributed by atoms with Crippen LogP contribution in [0.1, 0.15) is 64.4 Å². The molecule has 3 amide bonds. The molecule has 1 fully saturated rings. The number of benzene rings is 1. The molecule has 2 aliphatic rings. The van der Waals surface area contributed by atoms with E-state index in [1.54, 1.807) is 14.0 Å². The lowest BCUT2D eigenvalue weighted by molar-refractivity contribution is -0.824. The van der Waals surface area contributed by atoms with Crippen LogP contribution in [0.25, 0.3) is 0 Å². The minimum absolute atomic E-state index is 0.102. The summed E-state index contributed by atoms with van der Waals surface area (Å²) in [6.45, 7) is 5.83. The number of amides is 3. The molecule has 0 radical (unpaired) electrons. The van der Waals surface area contributed by atoms with Crippen molar-refractivity contribution in [3.8, 4) is 5.75 Å². The van der Waals surface area contributed by atoms with E-state index in [-0.39, 0.29) is 31.4 Å². The number of methoxy groups -OCH3 is 1. The minimum atomic E-state index is -0.778. The first-order valence-corrected chi connectivity index (χ1v) is 14.6. The first-order chi connectivity index (χ1) is 19.5. The van der Waals surface area contributed by atoms with Crippen molar-refractivity contribution in [3.63, 3.8) is 0 Å². The molecule has 2 N–H and O–H groups in total. The van der Waals surface area contributed by atoms with Crippen LogP contribution in [-0.4, -0.2) is 81.2 Å². The Labute approximate surface area is 237 Å². The summed E-state index contributed by atoms with van der Waals surface area (Å²) in [5.74, 6) is -0.0469. The van der Waals surface area contributed by atoms with Crippen molar-refractivity contribution >= 4 is 17.9 Å². The molecule has 1 aromatic carbocycles. The van der Waals surface area contributed by atoms with Crippen molar-refractivity contribution in [3.05, 3.63) is 42.0 Å². The maximum absolute atomic E-state index is 14.1. The number of carbonyl (C=O) groups is 3. The Morgan fingerprint density at radius 1 is 1.05 bits per heavy atom. The Hall–Kier alpha value is -2.95. The molecule has 222 valence electrons. The van der Waals surface area contributed by atoms with Crippen LogP contribution in [0.5, 0.6) is 5.75 Å². The van der Waals surface area contributed by atoms with Crippen LogP contribution < -0.4 is 15.0 Å². The van der Waals surface area contributed by atoms with E-state index >= 15 is 0 Å². The van der Waals surface area contributed by atoms with Crippen molar-refractivity contribution < 1.29 is 38.2 Å². The SMILES string of the molecule is CCOCOC1CC2C(=O)NC(C(=O)OCC)CCC=CCCCCCN(Cc3ccc(OC)cc3)C(=O)[NH+]2C1. The van der Waals surface area contributed by atoms with Gasteiger partial charge < -0.3 is 24.3 Å². The van der Waals surface area contributed by atoms with E-state index in [0.29, 0.717) is 50.4 Å². The van der Waals surface area contributed by atoms with Gasteiger partial charge in [-0.25, -0.2) is 14.5 Å². The van der Waals surface area contributed by atoms with Gasteiger partial charge in [0.2, 0.25) is 0 Å². The van der Waals surface area contributed by atoms with Crippen molar-refractivity contribution in [2.75, 3.05) is 40.2 Å². The first kappa shape index (κ1) is 31.6. The van der Waals surface area contributed by atoms with Crippen LogP contribution in [0.4, 0.5) is 4.79 Å². The molecule has 40 heavy (non-hydrogen) atoms. The highest BCUT2D eigenvalue weighted by atomic mass is 16.7. The van der Waals surface area contributed by atoms with Gasteiger partial charge in [-0.3, -0.25) is 9.69 Å². The van der Waals surface area contributed by atoms with Crippen molar-refractivity contribution in [2.24, 2.45) is 0 Å². The predicted molar refractivity (Wildman–Crippen MR) is 150 cm³/mol. The summed E-state index contributed by atoms with van der Waals surface area (Å²) in [4.78, 5) is 42.8. The van der Waals surface area contributed by atoms with Crippen molar-refractivity contribution in [1.82, 2.24) is 10.2 Å². The van der Waals surface area contributed by atoms with Gasteiger partial charge in [0.1, 0.15) is 31.2 Å². The van der Waals surface area contributed by atoms with E-state index in [1.807, 2.05) is 36.1 Å². The summed E-state index contributed by atoms with van der Waals surface area (Å²) >= 11 is 0. The molecule has 1 saturated heterocycles. The number of allylic oxidation sites excluding steroid dienone is 2. The maximum Gasteiger partial charge on any atom is 0.418 e. The van der Waals surface area contributed by atoms with Gasteiger partial charge in [-0.15, -0.1) is 0 Å². The van der Waals surface area contributed by atoms with Gasteiger partial charge in [-0.1, -0.05) is 30.7 Å². The van der Waals surface area contributed by atoms with Gasteiger partial charge in [0.15, 0.2) is 6.04 Å². The smallest absolute Gasteiger partial charge is 0.418 e. The number of hydrogen-bond donors (Lipinski definition) is 2. The fraction of sp³-hybridized carbons (Fsp3) is 0.633. The van der Waals surface area contributed by atoms with Crippen molar-refractivity contribution in [2.45, 2.75) is 83.5 Å². The summed E-state index contributed by atoms with van der Waals surface area (Å²) < 4.78 is 21.8. The Bertz CT molecular complexity index is 969. The van der Waals surface area contributed by atoms with Crippen LogP contribution in [-0.2, 0) is 30.3 Å². The fourth-order valence-corrected chi connectivity index (χ4v) is 5.14. The average molecular weight is 561 g/mol. The summed E-state index contributed by atoms with van der Waals surface area (Å²) in [6.07, 6.45) is 9.11. The third kappa shape index (κ3) is 9.60. The Balaban J connectivity index is 1.86. The monoisotopic (exact) mass is 560 g/mol. The molecular weight excluding hydrogens is 514 g/mol. The summed E-state index contributed by atoms with van der Waals surface area (Å²) in [6, 6.07) is 6.06. The summed E-state index contributed by atoms with van der Waals surface area (Å²) in [5, 5.41) is 2.90. The number of urea groups is 1. The van der Waals surface area contributed by atoms with Gasteiger partial charge >= 0.3 is 12.0 Å². The average Bonchev–Trinajstić information content (AvgIpc) is 3.39.